The molecule has 4 heteroatoms. The molecule has 0 bridgehead atoms. The minimum Gasteiger partial charge on any atom is -0.375 e. The van der Waals surface area contributed by atoms with Crippen molar-refractivity contribution in [1.29, 1.82) is 0 Å². The van der Waals surface area contributed by atoms with Gasteiger partial charge >= 0.3 is 0 Å². The number of hydrogen-bond acceptors (Lipinski definition) is 3. The maximum absolute atomic E-state index is 12.9. The molecule has 1 amide bonds. The van der Waals surface area contributed by atoms with Gasteiger partial charge in [-0.3, -0.25) is 4.79 Å². The molecule has 1 heterocycles. The lowest BCUT2D eigenvalue weighted by Crippen LogP contribution is -2.44. The summed E-state index contributed by atoms with van der Waals surface area (Å²) in [6.45, 7) is 8.39. The molecule has 0 spiro atoms. The molecule has 4 nitrogen and oxygen atoms in total. The quantitative estimate of drug-likeness (QED) is 0.660. The minimum absolute atomic E-state index is 0.0566. The Bertz CT molecular complexity index is 746. The molecule has 0 aromatic heterocycles. The zero-order valence-corrected chi connectivity index (χ0v) is 18.5. The van der Waals surface area contributed by atoms with E-state index in [2.05, 4.69) is 35.2 Å². The Morgan fingerprint density at radius 3 is 2.37 bits per heavy atom. The summed E-state index contributed by atoms with van der Waals surface area (Å²) in [4.78, 5) is 17.4. The number of ether oxygens (including phenoxy) is 1. The number of amides is 1. The smallest absolute Gasteiger partial charge is 0.230 e. The lowest BCUT2D eigenvalue weighted by Gasteiger charge is -2.30. The maximum Gasteiger partial charge on any atom is 0.230 e. The number of carbonyl (C=O) groups is 1. The zero-order chi connectivity index (χ0) is 21.2. The van der Waals surface area contributed by atoms with Crippen LogP contribution in [0.1, 0.15) is 38.7 Å². The second-order valence-electron chi connectivity index (χ2n) is 7.94. The molecule has 1 saturated heterocycles. The van der Waals surface area contributed by atoms with Gasteiger partial charge in [0, 0.05) is 37.8 Å². The average molecular weight is 409 g/mol. The van der Waals surface area contributed by atoms with Crippen LogP contribution in [0.25, 0.3) is 0 Å². The topological polar surface area (TPSA) is 32.8 Å². The summed E-state index contributed by atoms with van der Waals surface area (Å²) in [5.41, 5.74) is 2.36. The molecule has 162 valence electrons. The summed E-state index contributed by atoms with van der Waals surface area (Å²) in [6.07, 6.45) is 4.21. The van der Waals surface area contributed by atoms with Crippen LogP contribution in [0.2, 0.25) is 0 Å². The molecule has 1 unspecified atom stereocenters. The van der Waals surface area contributed by atoms with Crippen molar-refractivity contribution in [1.82, 2.24) is 4.90 Å². The standard InChI is InChI=1S/C24H30N2O2.C2H6/c27-24(21-12-13-21)26(22-10-5-2-6-11-22)19-23-18-25(15-7-17-28-23)16-14-20-8-3-1-4-9-20;1-2/h1-6,8-11,21,23H,7,12-19H2;1-2H3. The van der Waals surface area contributed by atoms with Crippen LogP contribution >= 0.6 is 0 Å². The van der Waals surface area contributed by atoms with Gasteiger partial charge in [-0.2, -0.15) is 0 Å². The Morgan fingerprint density at radius 1 is 1.03 bits per heavy atom. The maximum atomic E-state index is 12.9. The minimum atomic E-state index is 0.0566. The van der Waals surface area contributed by atoms with Crippen LogP contribution < -0.4 is 4.90 Å². The van der Waals surface area contributed by atoms with Gasteiger partial charge in [-0.05, 0) is 43.4 Å². The lowest BCUT2D eigenvalue weighted by atomic mass is 10.1. The van der Waals surface area contributed by atoms with Crippen LogP contribution in [-0.2, 0) is 16.0 Å². The lowest BCUT2D eigenvalue weighted by molar-refractivity contribution is -0.120. The van der Waals surface area contributed by atoms with Gasteiger partial charge in [0.15, 0.2) is 0 Å². The van der Waals surface area contributed by atoms with E-state index >= 15 is 0 Å². The third-order valence-electron chi connectivity index (χ3n) is 5.64. The largest absolute Gasteiger partial charge is 0.375 e. The van der Waals surface area contributed by atoms with Gasteiger partial charge < -0.3 is 14.5 Å². The van der Waals surface area contributed by atoms with Crippen molar-refractivity contribution in [3.05, 3.63) is 66.2 Å². The van der Waals surface area contributed by atoms with E-state index < -0.39 is 0 Å². The van der Waals surface area contributed by atoms with E-state index in [-0.39, 0.29) is 17.9 Å². The number of hydrogen-bond donors (Lipinski definition) is 0. The zero-order valence-electron chi connectivity index (χ0n) is 18.5. The molecule has 2 aromatic carbocycles. The molecule has 0 radical (unpaired) electrons. The summed E-state index contributed by atoms with van der Waals surface area (Å²) >= 11 is 0. The highest BCUT2D eigenvalue weighted by Gasteiger charge is 2.35. The molecule has 0 N–H and O–H groups in total. The third-order valence-corrected chi connectivity index (χ3v) is 5.64. The van der Waals surface area contributed by atoms with E-state index in [9.17, 15) is 4.79 Å². The van der Waals surface area contributed by atoms with Crippen LogP contribution in [0.4, 0.5) is 5.69 Å². The number of carbonyl (C=O) groups excluding carboxylic acids is 1. The van der Waals surface area contributed by atoms with Gasteiger partial charge in [-0.25, -0.2) is 0 Å². The number of rotatable bonds is 7. The van der Waals surface area contributed by atoms with Gasteiger partial charge in [0.1, 0.15) is 0 Å². The fourth-order valence-corrected chi connectivity index (χ4v) is 3.90. The van der Waals surface area contributed by atoms with Crippen LogP contribution in [0.3, 0.4) is 0 Å². The molecule has 2 fully saturated rings. The van der Waals surface area contributed by atoms with Gasteiger partial charge in [-0.15, -0.1) is 0 Å². The number of para-hydroxylation sites is 1. The fourth-order valence-electron chi connectivity index (χ4n) is 3.90. The first-order valence-electron chi connectivity index (χ1n) is 11.5. The Kier molecular flexibility index (Phi) is 8.91. The SMILES string of the molecule is CC.O=C(C1CC1)N(CC1CN(CCc2ccccc2)CCCO1)c1ccccc1. The average Bonchev–Trinajstić information content (AvgIpc) is 3.66. The number of nitrogens with zero attached hydrogens (tertiary/aromatic N) is 2. The predicted octanol–water partition coefficient (Wildman–Crippen LogP) is 4.79. The first-order chi connectivity index (χ1) is 14.8. The monoisotopic (exact) mass is 408 g/mol. The van der Waals surface area contributed by atoms with Crippen LogP contribution in [-0.4, -0.2) is 49.7 Å². The predicted molar refractivity (Wildman–Crippen MR) is 124 cm³/mol. The Morgan fingerprint density at radius 2 is 1.70 bits per heavy atom. The number of anilines is 1. The number of benzene rings is 2. The Hall–Kier alpha value is -2.17. The van der Waals surface area contributed by atoms with Crippen molar-refractivity contribution in [2.75, 3.05) is 37.7 Å². The second-order valence-corrected chi connectivity index (χ2v) is 7.94. The molecule has 2 aliphatic rings. The summed E-state index contributed by atoms with van der Waals surface area (Å²) in [5.74, 6) is 0.468. The molecule has 1 atom stereocenters. The van der Waals surface area contributed by atoms with Crippen molar-refractivity contribution in [2.24, 2.45) is 5.92 Å². The van der Waals surface area contributed by atoms with Gasteiger partial charge in [-0.1, -0.05) is 62.4 Å². The molecular weight excluding hydrogens is 372 g/mol. The van der Waals surface area contributed by atoms with E-state index in [0.717, 1.165) is 57.6 Å². The molecule has 1 aliphatic carbocycles. The first kappa shape index (κ1) is 22.5. The van der Waals surface area contributed by atoms with Gasteiger partial charge in [0.2, 0.25) is 5.91 Å². The van der Waals surface area contributed by atoms with Crippen LogP contribution in [0.15, 0.2) is 60.7 Å². The molecule has 30 heavy (non-hydrogen) atoms. The Balaban J connectivity index is 0.00000124. The molecule has 1 saturated carbocycles. The normalized spacial score (nSPS) is 19.3. The fraction of sp³-hybridized carbons (Fsp3) is 0.500. The van der Waals surface area contributed by atoms with E-state index in [1.165, 1.54) is 5.56 Å². The Labute approximate surface area is 181 Å². The summed E-state index contributed by atoms with van der Waals surface area (Å²) in [7, 11) is 0. The van der Waals surface area contributed by atoms with E-state index in [1.54, 1.807) is 0 Å². The molecule has 1 aliphatic heterocycles. The van der Waals surface area contributed by atoms with E-state index in [4.69, 9.17) is 4.74 Å². The first-order valence-corrected chi connectivity index (χ1v) is 11.5. The van der Waals surface area contributed by atoms with Crippen molar-refractivity contribution >= 4 is 11.6 Å². The summed E-state index contributed by atoms with van der Waals surface area (Å²) in [6, 6.07) is 20.7. The van der Waals surface area contributed by atoms with Crippen LogP contribution in [0, 0.1) is 5.92 Å². The van der Waals surface area contributed by atoms with Gasteiger partial charge in [0.05, 0.1) is 12.6 Å². The second kappa shape index (κ2) is 11.9. The van der Waals surface area contributed by atoms with Crippen molar-refractivity contribution < 1.29 is 9.53 Å². The molecule has 4 rings (SSSR count). The molecular formula is C26H36N2O2. The highest BCUT2D eigenvalue weighted by atomic mass is 16.5. The van der Waals surface area contributed by atoms with E-state index in [0.29, 0.717) is 6.54 Å². The van der Waals surface area contributed by atoms with Crippen molar-refractivity contribution in [2.45, 2.75) is 45.6 Å². The van der Waals surface area contributed by atoms with E-state index in [1.807, 2.05) is 49.1 Å². The van der Waals surface area contributed by atoms with Gasteiger partial charge in [0.25, 0.3) is 0 Å². The highest BCUT2D eigenvalue weighted by Crippen LogP contribution is 2.33. The highest BCUT2D eigenvalue weighted by molar-refractivity contribution is 5.96. The molecule has 2 aromatic rings. The van der Waals surface area contributed by atoms with Crippen molar-refractivity contribution in [3.8, 4) is 0 Å². The summed E-state index contributed by atoms with van der Waals surface area (Å²) in [5, 5.41) is 0. The summed E-state index contributed by atoms with van der Waals surface area (Å²) < 4.78 is 6.15. The van der Waals surface area contributed by atoms with Crippen molar-refractivity contribution in [3.63, 3.8) is 0 Å². The van der Waals surface area contributed by atoms with Crippen LogP contribution in [0.5, 0.6) is 0 Å². The third kappa shape index (κ3) is 6.68.